The first-order valence-corrected chi connectivity index (χ1v) is 12.0. The molecule has 3 N–H and O–H groups in total. The Morgan fingerprint density at radius 3 is 2.12 bits per heavy atom. The maximum absolute atomic E-state index is 12.1. The number of carbonyl (C=O) groups is 3. The largest absolute Gasteiger partial charge is 0.480 e. The van der Waals surface area contributed by atoms with Gasteiger partial charge in [-0.05, 0) is 12.8 Å². The summed E-state index contributed by atoms with van der Waals surface area (Å²) in [4.78, 5) is 34.1. The minimum Gasteiger partial charge on any atom is -0.480 e. The normalized spacial score (nSPS) is 17.9. The molecule has 0 aromatic rings. The van der Waals surface area contributed by atoms with E-state index in [1.165, 1.54) is 73.5 Å². The Labute approximate surface area is 164 Å². The fraction of sp³-hybridized carbons (Fsp3) is 0.833. The van der Waals surface area contributed by atoms with Crippen LogP contribution in [0.1, 0.15) is 71.1 Å². The fourth-order valence-electron chi connectivity index (χ4n) is 2.98. The van der Waals surface area contributed by atoms with Gasteiger partial charge in [0.1, 0.15) is 6.04 Å². The molecule has 150 valence electrons. The van der Waals surface area contributed by atoms with Gasteiger partial charge in [-0.25, -0.2) is 4.79 Å². The van der Waals surface area contributed by atoms with Crippen LogP contribution in [0.15, 0.2) is 0 Å². The van der Waals surface area contributed by atoms with Crippen LogP contribution in [0.4, 0.5) is 0 Å². The maximum atomic E-state index is 12.1. The van der Waals surface area contributed by atoms with Crippen molar-refractivity contribution >= 4 is 39.4 Å². The number of nitrogens with one attached hydrogen (secondary N) is 2. The standard InChI is InChI=1S/C18H32N2O4S2/c1-14(21)19-16(18(23)24)13-26-25-12-11-17(22)20-15-9-7-5-3-2-4-6-8-10-15/h15-16H,2-13H2,1H3,(H,19,21)(H,20,22)(H,23,24). The Kier molecular flexibility index (Phi) is 12.6. The molecule has 0 saturated heterocycles. The van der Waals surface area contributed by atoms with Crippen molar-refractivity contribution < 1.29 is 19.5 Å². The summed E-state index contributed by atoms with van der Waals surface area (Å²) in [5.74, 6) is -0.397. The summed E-state index contributed by atoms with van der Waals surface area (Å²) in [7, 11) is 2.84. The summed E-state index contributed by atoms with van der Waals surface area (Å²) in [6.45, 7) is 1.30. The van der Waals surface area contributed by atoms with Crippen molar-refractivity contribution in [3.63, 3.8) is 0 Å². The summed E-state index contributed by atoms with van der Waals surface area (Å²) >= 11 is 0. The molecule has 1 unspecified atom stereocenters. The molecule has 0 heterocycles. The lowest BCUT2D eigenvalue weighted by Gasteiger charge is -2.20. The van der Waals surface area contributed by atoms with E-state index >= 15 is 0 Å². The molecular weight excluding hydrogens is 372 g/mol. The van der Waals surface area contributed by atoms with E-state index in [4.69, 9.17) is 5.11 Å². The number of hydrogen-bond donors (Lipinski definition) is 3. The molecule has 1 rings (SSSR count). The number of aliphatic carboxylic acids is 1. The van der Waals surface area contributed by atoms with Gasteiger partial charge < -0.3 is 15.7 Å². The molecule has 1 saturated carbocycles. The molecule has 0 aliphatic heterocycles. The predicted molar refractivity (Wildman–Crippen MR) is 108 cm³/mol. The summed E-state index contributed by atoms with van der Waals surface area (Å²) in [6.07, 6.45) is 11.5. The summed E-state index contributed by atoms with van der Waals surface area (Å²) < 4.78 is 0. The Morgan fingerprint density at radius 2 is 1.58 bits per heavy atom. The lowest BCUT2D eigenvalue weighted by atomic mass is 9.97. The highest BCUT2D eigenvalue weighted by molar-refractivity contribution is 8.76. The molecule has 0 aromatic heterocycles. The van der Waals surface area contributed by atoms with Crippen molar-refractivity contribution in [2.45, 2.75) is 83.2 Å². The third kappa shape index (κ3) is 11.7. The van der Waals surface area contributed by atoms with Crippen LogP contribution in [0.2, 0.25) is 0 Å². The van der Waals surface area contributed by atoms with Gasteiger partial charge in [-0.15, -0.1) is 0 Å². The van der Waals surface area contributed by atoms with Crippen molar-refractivity contribution in [3.8, 4) is 0 Å². The summed E-state index contributed by atoms with van der Waals surface area (Å²) in [5.41, 5.74) is 0. The van der Waals surface area contributed by atoms with Gasteiger partial charge in [-0.2, -0.15) is 0 Å². The topological polar surface area (TPSA) is 95.5 Å². The molecule has 8 heteroatoms. The number of amides is 2. The van der Waals surface area contributed by atoms with E-state index in [9.17, 15) is 14.4 Å². The number of rotatable bonds is 9. The van der Waals surface area contributed by atoms with Crippen LogP contribution in [0.5, 0.6) is 0 Å². The van der Waals surface area contributed by atoms with Crippen molar-refractivity contribution in [2.75, 3.05) is 11.5 Å². The van der Waals surface area contributed by atoms with Crippen molar-refractivity contribution in [3.05, 3.63) is 0 Å². The fourth-order valence-corrected chi connectivity index (χ4v) is 5.13. The molecule has 1 aliphatic rings. The monoisotopic (exact) mass is 404 g/mol. The predicted octanol–water partition coefficient (Wildman–Crippen LogP) is 3.36. The van der Waals surface area contributed by atoms with Gasteiger partial charge in [-0.1, -0.05) is 66.5 Å². The quantitative estimate of drug-likeness (QED) is 0.403. The Balaban J connectivity index is 2.18. The van der Waals surface area contributed by atoms with Crippen LogP contribution in [0.3, 0.4) is 0 Å². The van der Waals surface area contributed by atoms with Crippen molar-refractivity contribution in [1.82, 2.24) is 10.6 Å². The van der Waals surface area contributed by atoms with Crippen LogP contribution in [0, 0.1) is 0 Å². The highest BCUT2D eigenvalue weighted by atomic mass is 33.1. The van der Waals surface area contributed by atoms with Gasteiger partial charge in [0.2, 0.25) is 11.8 Å². The number of carboxylic acids is 1. The van der Waals surface area contributed by atoms with E-state index in [1.807, 2.05) is 0 Å². The van der Waals surface area contributed by atoms with Gasteiger partial charge in [0.15, 0.2) is 0 Å². The maximum Gasteiger partial charge on any atom is 0.327 e. The Bertz CT molecular complexity index is 439. The first kappa shape index (κ1) is 23.1. The van der Waals surface area contributed by atoms with Crippen molar-refractivity contribution in [2.24, 2.45) is 0 Å². The molecule has 0 bridgehead atoms. The zero-order valence-corrected chi connectivity index (χ0v) is 17.3. The summed E-state index contributed by atoms with van der Waals surface area (Å²) in [5, 5.41) is 14.6. The molecular formula is C18H32N2O4S2. The molecule has 26 heavy (non-hydrogen) atoms. The molecule has 0 radical (unpaired) electrons. The second kappa shape index (κ2) is 14.2. The second-order valence-electron chi connectivity index (χ2n) is 6.76. The zero-order valence-electron chi connectivity index (χ0n) is 15.6. The molecule has 0 spiro atoms. The van der Waals surface area contributed by atoms with Gasteiger partial charge >= 0.3 is 5.97 Å². The van der Waals surface area contributed by atoms with Gasteiger partial charge in [0.05, 0.1) is 0 Å². The number of carboxylic acid groups (broad SMARTS) is 1. The van der Waals surface area contributed by atoms with E-state index in [0.717, 1.165) is 12.8 Å². The lowest BCUT2D eigenvalue weighted by molar-refractivity contribution is -0.140. The van der Waals surface area contributed by atoms with E-state index < -0.39 is 12.0 Å². The van der Waals surface area contributed by atoms with E-state index in [2.05, 4.69) is 10.6 Å². The second-order valence-corrected chi connectivity index (χ2v) is 9.39. The Hall–Kier alpha value is -0.890. The average Bonchev–Trinajstić information content (AvgIpc) is 2.58. The minimum absolute atomic E-state index is 0.0804. The van der Waals surface area contributed by atoms with Crippen LogP contribution in [-0.2, 0) is 14.4 Å². The lowest BCUT2D eigenvalue weighted by Crippen LogP contribution is -2.41. The molecule has 1 fully saturated rings. The Morgan fingerprint density at radius 1 is 1.00 bits per heavy atom. The molecule has 2 amide bonds. The third-order valence-electron chi connectivity index (χ3n) is 4.38. The number of carbonyl (C=O) groups excluding carboxylic acids is 2. The highest BCUT2D eigenvalue weighted by Gasteiger charge is 2.18. The molecule has 6 nitrogen and oxygen atoms in total. The van der Waals surface area contributed by atoms with Gasteiger partial charge in [-0.3, -0.25) is 9.59 Å². The number of hydrogen-bond acceptors (Lipinski definition) is 5. The molecule has 1 aliphatic carbocycles. The van der Waals surface area contributed by atoms with Gasteiger partial charge in [0, 0.05) is 30.9 Å². The first-order chi connectivity index (χ1) is 12.5. The molecule has 0 aromatic carbocycles. The average molecular weight is 405 g/mol. The highest BCUT2D eigenvalue weighted by Crippen LogP contribution is 2.23. The summed E-state index contributed by atoms with van der Waals surface area (Å²) in [6, 6.07) is -0.587. The minimum atomic E-state index is -1.04. The smallest absolute Gasteiger partial charge is 0.327 e. The van der Waals surface area contributed by atoms with E-state index in [1.54, 1.807) is 0 Å². The van der Waals surface area contributed by atoms with Crippen molar-refractivity contribution in [1.29, 1.82) is 0 Å². The zero-order chi connectivity index (χ0) is 19.2. The van der Waals surface area contributed by atoms with Gasteiger partial charge in [0.25, 0.3) is 0 Å². The van der Waals surface area contributed by atoms with Crippen LogP contribution in [0.25, 0.3) is 0 Å². The van der Waals surface area contributed by atoms with E-state index in [-0.39, 0.29) is 17.6 Å². The SMILES string of the molecule is CC(=O)NC(CSSCCC(=O)NC1CCCCCCCCC1)C(=O)O. The van der Waals surface area contributed by atoms with Crippen LogP contribution >= 0.6 is 21.6 Å². The first-order valence-electron chi connectivity index (χ1n) is 9.52. The van der Waals surface area contributed by atoms with E-state index in [0.29, 0.717) is 18.2 Å². The van der Waals surface area contributed by atoms with Crippen LogP contribution < -0.4 is 10.6 Å². The van der Waals surface area contributed by atoms with Crippen LogP contribution in [-0.4, -0.2) is 46.5 Å². The molecule has 1 atom stereocenters. The third-order valence-corrected chi connectivity index (χ3v) is 6.79.